The largest absolute Gasteiger partial charge is 0.454 e. The molecule has 4 bridgehead atoms. The zero-order valence-electron chi connectivity index (χ0n) is 29.2. The number of fused-ring (bicyclic) bond motifs is 7. The Hall–Kier alpha value is -5.21. The summed E-state index contributed by atoms with van der Waals surface area (Å²) in [6.07, 6.45) is 1.84. The summed E-state index contributed by atoms with van der Waals surface area (Å²) in [4.78, 5) is 27.1. The van der Waals surface area contributed by atoms with E-state index in [1.807, 2.05) is 45.0 Å². The van der Waals surface area contributed by atoms with Crippen LogP contribution in [0.5, 0.6) is 0 Å². The van der Waals surface area contributed by atoms with Gasteiger partial charge in [-0.2, -0.15) is 0 Å². The number of hydrogen-bond donors (Lipinski definition) is 2. The predicted octanol–water partition coefficient (Wildman–Crippen LogP) is 5.87. The van der Waals surface area contributed by atoms with Crippen molar-refractivity contribution in [1.29, 1.82) is 0 Å². The lowest BCUT2D eigenvalue weighted by Crippen LogP contribution is -2.42. The smallest absolute Gasteiger partial charge is 0.270 e. The van der Waals surface area contributed by atoms with Crippen LogP contribution in [-0.2, 0) is 32.9 Å². The van der Waals surface area contributed by atoms with E-state index in [-0.39, 0.29) is 57.2 Å². The van der Waals surface area contributed by atoms with Gasteiger partial charge < -0.3 is 15.1 Å². The van der Waals surface area contributed by atoms with Crippen molar-refractivity contribution in [3.05, 3.63) is 101 Å². The predicted molar refractivity (Wildman–Crippen MR) is 198 cm³/mol. The topological polar surface area (TPSA) is 146 Å². The van der Waals surface area contributed by atoms with Gasteiger partial charge in [0.2, 0.25) is 10.0 Å². The van der Waals surface area contributed by atoms with E-state index >= 15 is 0 Å². The van der Waals surface area contributed by atoms with Crippen LogP contribution in [0.15, 0.2) is 82.1 Å². The van der Waals surface area contributed by atoms with Gasteiger partial charge in [0.1, 0.15) is 11.6 Å². The number of hydrogen-bond acceptors (Lipinski definition) is 7. The van der Waals surface area contributed by atoms with E-state index in [0.29, 0.717) is 29.5 Å². The molecule has 3 aliphatic heterocycles. The number of anilines is 2. The number of carbonyl (C=O) groups is 2. The summed E-state index contributed by atoms with van der Waals surface area (Å²) in [7, 11) is -6.62. The highest BCUT2D eigenvalue weighted by molar-refractivity contribution is 7.95. The first kappa shape index (κ1) is 35.2. The Morgan fingerprint density at radius 1 is 0.865 bits per heavy atom. The van der Waals surface area contributed by atoms with Gasteiger partial charge in [0.05, 0.1) is 23.2 Å². The second-order valence-corrected chi connectivity index (χ2v) is 17.8. The fraction of sp³-hybridized carbons (Fsp3) is 0.263. The molecule has 0 radical (unpaired) electrons. The van der Waals surface area contributed by atoms with Gasteiger partial charge in [-0.15, -0.1) is 0 Å². The van der Waals surface area contributed by atoms with Gasteiger partial charge in [-0.05, 0) is 98.8 Å². The summed E-state index contributed by atoms with van der Waals surface area (Å²) in [5, 5.41) is 5.71. The van der Waals surface area contributed by atoms with Crippen LogP contribution in [0.25, 0.3) is 33.4 Å². The van der Waals surface area contributed by atoms with Gasteiger partial charge in [-0.3, -0.25) is 18.2 Å². The fourth-order valence-corrected chi connectivity index (χ4v) is 9.36. The van der Waals surface area contributed by atoms with Crippen LogP contribution in [-0.4, -0.2) is 60.6 Å². The Labute approximate surface area is 301 Å². The zero-order chi connectivity index (χ0) is 37.3. The number of nitrogens with zero attached hydrogens (tertiary/aromatic N) is 2. The minimum absolute atomic E-state index is 0.0344. The third kappa shape index (κ3) is 6.19. The van der Waals surface area contributed by atoms with Crippen LogP contribution < -0.4 is 19.2 Å². The van der Waals surface area contributed by atoms with Gasteiger partial charge in [0, 0.05) is 47.8 Å². The molecule has 0 unspecified atom stereocenters. The first-order chi connectivity index (χ1) is 24.5. The summed E-state index contributed by atoms with van der Waals surface area (Å²) in [5.41, 5.74) is 2.81. The molecule has 8 rings (SSSR count). The number of benzene rings is 4. The van der Waals surface area contributed by atoms with E-state index < -0.39 is 43.2 Å². The van der Waals surface area contributed by atoms with Gasteiger partial charge in [0.25, 0.3) is 21.8 Å². The monoisotopic (exact) mass is 744 g/mol. The molecule has 5 aromatic rings. The average Bonchev–Trinajstić information content (AvgIpc) is 3.44. The zero-order valence-corrected chi connectivity index (χ0v) is 30.8. The minimum Gasteiger partial charge on any atom is -0.454 e. The molecule has 2 N–H and O–H groups in total. The molecule has 2 amide bonds. The van der Waals surface area contributed by atoms with Crippen LogP contribution in [0.1, 0.15) is 52.6 Å². The maximum Gasteiger partial charge on any atom is 0.270 e. The van der Waals surface area contributed by atoms with Gasteiger partial charge >= 0.3 is 0 Å². The number of halogens is 1. The molecular formula is C38H37FN4O7S2. The molecule has 0 saturated carbocycles. The Kier molecular flexibility index (Phi) is 8.45. The Balaban J connectivity index is 1.58. The number of amides is 2. The van der Waals surface area contributed by atoms with Crippen molar-refractivity contribution in [2.45, 2.75) is 44.0 Å². The Morgan fingerprint density at radius 3 is 2.10 bits per heavy atom. The average molecular weight is 745 g/mol. The summed E-state index contributed by atoms with van der Waals surface area (Å²) >= 11 is 0. The van der Waals surface area contributed by atoms with Gasteiger partial charge in [-0.25, -0.2) is 21.2 Å². The number of carbonyl (C=O) groups excluding carboxylic acids is 2. The highest BCUT2D eigenvalue weighted by atomic mass is 32.2. The van der Waals surface area contributed by atoms with Gasteiger partial charge in [0.15, 0.2) is 10.5 Å². The van der Waals surface area contributed by atoms with Crippen LogP contribution in [0.4, 0.5) is 15.8 Å². The van der Waals surface area contributed by atoms with E-state index in [9.17, 15) is 30.8 Å². The SMILES string of the molecule is CNC(=O)c1c(-c2ccc(F)cc2)oc2c3c4c(cc12)-c1cc(C(=O)NC(C)(C)C)cc(c1)N(S(C)(=O)=O)CCc1ccc(cc1)CCN4S3(=O)=O. The maximum absolute atomic E-state index is 14.3. The number of nitrogens with one attached hydrogen (secondary N) is 2. The first-order valence-corrected chi connectivity index (χ1v) is 19.9. The van der Waals surface area contributed by atoms with E-state index in [0.717, 1.165) is 17.4 Å². The van der Waals surface area contributed by atoms with Crippen molar-refractivity contribution in [2.75, 3.05) is 35.0 Å². The van der Waals surface area contributed by atoms with Crippen LogP contribution in [0.2, 0.25) is 0 Å². The lowest BCUT2D eigenvalue weighted by Gasteiger charge is -2.37. The molecule has 14 heteroatoms. The molecule has 1 aromatic heterocycles. The van der Waals surface area contributed by atoms with E-state index in [4.69, 9.17) is 4.42 Å². The lowest BCUT2D eigenvalue weighted by molar-refractivity contribution is 0.0918. The standard InChI is InChI=1S/C38H37FN4O7S2/c1-38(2,3)41-36(44)26-18-25-19-28(20-26)42(51(5,46)47)16-14-22-6-8-23(9-7-22)15-17-43-32-29(25)21-30-31(37(45)40-4)33(24-10-12-27(39)13-11-24)50-34(30)35(32)52(43,48)49/h6-13,18-21H,14-17H2,1-5H3,(H,40,45)(H,41,44). The molecular weight excluding hydrogens is 708 g/mol. The molecule has 11 nitrogen and oxygen atoms in total. The summed E-state index contributed by atoms with van der Waals surface area (Å²) in [6.45, 7) is 5.61. The molecule has 0 saturated heterocycles. The third-order valence-corrected chi connectivity index (χ3v) is 12.2. The number of rotatable bonds is 4. The third-order valence-electron chi connectivity index (χ3n) is 9.17. The van der Waals surface area contributed by atoms with E-state index in [2.05, 4.69) is 10.6 Å². The summed E-state index contributed by atoms with van der Waals surface area (Å²) in [5.74, 6) is -1.49. The Morgan fingerprint density at radius 2 is 1.50 bits per heavy atom. The molecule has 0 spiro atoms. The van der Waals surface area contributed by atoms with Gasteiger partial charge in [-0.1, -0.05) is 24.3 Å². The van der Waals surface area contributed by atoms with Crippen molar-refractivity contribution in [3.8, 4) is 22.5 Å². The van der Waals surface area contributed by atoms with Crippen molar-refractivity contribution < 1.29 is 35.2 Å². The molecule has 52 heavy (non-hydrogen) atoms. The molecule has 4 aromatic carbocycles. The van der Waals surface area contributed by atoms with Crippen molar-refractivity contribution in [1.82, 2.24) is 10.6 Å². The second-order valence-electron chi connectivity index (χ2n) is 14.1. The molecule has 270 valence electrons. The van der Waals surface area contributed by atoms with Crippen LogP contribution >= 0.6 is 0 Å². The van der Waals surface area contributed by atoms with E-state index in [1.54, 1.807) is 18.2 Å². The molecule has 0 fully saturated rings. The normalized spacial score (nSPS) is 15.3. The summed E-state index contributed by atoms with van der Waals surface area (Å²) in [6, 6.07) is 19.2. The quantitative estimate of drug-likeness (QED) is 0.234. The fourth-order valence-electron chi connectivity index (χ4n) is 6.75. The van der Waals surface area contributed by atoms with E-state index in [1.165, 1.54) is 46.0 Å². The van der Waals surface area contributed by atoms with Crippen molar-refractivity contribution in [2.24, 2.45) is 0 Å². The minimum atomic E-state index is -4.17. The van der Waals surface area contributed by atoms with Crippen LogP contribution in [0.3, 0.4) is 0 Å². The summed E-state index contributed by atoms with van der Waals surface area (Å²) < 4.78 is 78.0. The second kappa shape index (κ2) is 12.5. The van der Waals surface area contributed by atoms with Crippen molar-refractivity contribution >= 4 is 54.2 Å². The van der Waals surface area contributed by atoms with Crippen LogP contribution in [0, 0.1) is 5.82 Å². The Bertz CT molecular complexity index is 2510. The highest BCUT2D eigenvalue weighted by Crippen LogP contribution is 2.53. The van der Waals surface area contributed by atoms with Crippen molar-refractivity contribution in [3.63, 3.8) is 0 Å². The highest BCUT2D eigenvalue weighted by Gasteiger charge is 2.46. The first-order valence-electron chi connectivity index (χ1n) is 16.6. The molecule has 0 aliphatic carbocycles. The lowest BCUT2D eigenvalue weighted by atomic mass is 9.95. The molecule has 0 atom stereocenters. The maximum atomic E-state index is 14.3. The number of furan rings is 1. The molecule has 3 aliphatic rings. The number of sulfonamides is 2. The molecule has 4 heterocycles.